The third-order valence-corrected chi connectivity index (χ3v) is 4.48. The van der Waals surface area contributed by atoms with Crippen LogP contribution in [-0.2, 0) is 12.8 Å². The first kappa shape index (κ1) is 13.6. The van der Waals surface area contributed by atoms with E-state index >= 15 is 0 Å². The first-order valence-corrected chi connectivity index (χ1v) is 7.53. The molecule has 2 aromatic rings. The Kier molecular flexibility index (Phi) is 3.77. The van der Waals surface area contributed by atoms with Gasteiger partial charge in [0, 0.05) is 5.69 Å². The molecule has 0 atom stereocenters. The maximum Gasteiger partial charge on any atom is 0.0634 e. The Morgan fingerprint density at radius 2 is 1.70 bits per heavy atom. The largest absolute Gasteiger partial charge is 0.397 e. The molecule has 0 amide bonds. The highest BCUT2D eigenvalue weighted by Gasteiger charge is 2.14. The molecule has 1 aliphatic rings. The lowest BCUT2D eigenvalue weighted by Gasteiger charge is -2.21. The van der Waals surface area contributed by atoms with Crippen LogP contribution in [0, 0.1) is 0 Å². The van der Waals surface area contributed by atoms with Crippen LogP contribution in [-0.4, -0.2) is 0 Å². The van der Waals surface area contributed by atoms with Crippen LogP contribution in [0.1, 0.15) is 24.0 Å². The standard InChI is InChI=1S/C16H16Cl2N2/c17-12-8-14(19)16(9-13(12)18)20-15-7-3-5-10-4-1-2-6-11(10)15/h3,5,7-9,20H,1-2,4,6,19H2. The number of nitrogens with one attached hydrogen (secondary N) is 1. The molecule has 0 saturated heterocycles. The zero-order valence-electron chi connectivity index (χ0n) is 11.0. The second kappa shape index (κ2) is 5.55. The smallest absolute Gasteiger partial charge is 0.0634 e. The molecule has 20 heavy (non-hydrogen) atoms. The molecule has 0 spiro atoms. The fraction of sp³-hybridized carbons (Fsp3) is 0.250. The predicted molar refractivity (Wildman–Crippen MR) is 87.2 cm³/mol. The van der Waals surface area contributed by atoms with Gasteiger partial charge >= 0.3 is 0 Å². The van der Waals surface area contributed by atoms with Gasteiger partial charge in [-0.1, -0.05) is 35.3 Å². The number of hydrogen-bond donors (Lipinski definition) is 2. The van der Waals surface area contributed by atoms with Crippen molar-refractivity contribution in [3.8, 4) is 0 Å². The van der Waals surface area contributed by atoms with Crippen molar-refractivity contribution in [3.63, 3.8) is 0 Å². The van der Waals surface area contributed by atoms with Crippen molar-refractivity contribution in [2.24, 2.45) is 0 Å². The molecular formula is C16H16Cl2N2. The summed E-state index contributed by atoms with van der Waals surface area (Å²) in [6.07, 6.45) is 4.77. The van der Waals surface area contributed by atoms with Crippen LogP contribution in [0.2, 0.25) is 10.0 Å². The number of rotatable bonds is 2. The molecular weight excluding hydrogens is 291 g/mol. The fourth-order valence-corrected chi connectivity index (χ4v) is 3.05. The van der Waals surface area contributed by atoms with Crippen LogP contribution < -0.4 is 11.1 Å². The number of hydrogen-bond acceptors (Lipinski definition) is 2. The number of aryl methyl sites for hydroxylation is 1. The molecule has 104 valence electrons. The summed E-state index contributed by atoms with van der Waals surface area (Å²) < 4.78 is 0. The minimum Gasteiger partial charge on any atom is -0.397 e. The monoisotopic (exact) mass is 306 g/mol. The van der Waals surface area contributed by atoms with Crippen LogP contribution in [0.5, 0.6) is 0 Å². The average molecular weight is 307 g/mol. The lowest BCUT2D eigenvalue weighted by molar-refractivity contribution is 0.687. The third-order valence-electron chi connectivity index (χ3n) is 3.76. The van der Waals surface area contributed by atoms with Gasteiger partial charge in [0.2, 0.25) is 0 Å². The number of anilines is 3. The van der Waals surface area contributed by atoms with Crippen molar-refractivity contribution < 1.29 is 0 Å². The van der Waals surface area contributed by atoms with E-state index in [4.69, 9.17) is 28.9 Å². The summed E-state index contributed by atoms with van der Waals surface area (Å²) in [5.41, 5.74) is 11.4. The van der Waals surface area contributed by atoms with Crippen molar-refractivity contribution >= 4 is 40.3 Å². The highest BCUT2D eigenvalue weighted by Crippen LogP contribution is 2.35. The van der Waals surface area contributed by atoms with Gasteiger partial charge in [0.15, 0.2) is 0 Å². The molecule has 2 nitrogen and oxygen atoms in total. The topological polar surface area (TPSA) is 38.0 Å². The molecule has 2 aromatic carbocycles. The maximum atomic E-state index is 6.07. The van der Waals surface area contributed by atoms with Gasteiger partial charge in [-0.2, -0.15) is 0 Å². The lowest BCUT2D eigenvalue weighted by atomic mass is 9.90. The van der Waals surface area contributed by atoms with Crippen LogP contribution in [0.15, 0.2) is 30.3 Å². The molecule has 0 unspecified atom stereocenters. The van der Waals surface area contributed by atoms with Crippen molar-refractivity contribution in [2.75, 3.05) is 11.1 Å². The first-order valence-electron chi connectivity index (χ1n) is 6.77. The molecule has 1 aliphatic carbocycles. The summed E-state index contributed by atoms with van der Waals surface area (Å²) in [6.45, 7) is 0. The second-order valence-electron chi connectivity index (χ2n) is 5.13. The van der Waals surface area contributed by atoms with E-state index in [0.29, 0.717) is 15.7 Å². The Labute approximate surface area is 128 Å². The molecule has 0 bridgehead atoms. The highest BCUT2D eigenvalue weighted by molar-refractivity contribution is 6.42. The Balaban J connectivity index is 1.98. The minimum atomic E-state index is 0.477. The summed E-state index contributed by atoms with van der Waals surface area (Å²) in [4.78, 5) is 0. The molecule has 3 N–H and O–H groups in total. The van der Waals surface area contributed by atoms with Crippen LogP contribution in [0.4, 0.5) is 17.1 Å². The number of nitrogen functional groups attached to an aromatic ring is 1. The molecule has 3 rings (SSSR count). The SMILES string of the molecule is Nc1cc(Cl)c(Cl)cc1Nc1cccc2c1CCCC2. The van der Waals surface area contributed by atoms with Crippen LogP contribution in [0.3, 0.4) is 0 Å². The van der Waals surface area contributed by atoms with Gasteiger partial charge in [0.05, 0.1) is 21.4 Å². The Bertz CT molecular complexity index is 653. The van der Waals surface area contributed by atoms with Crippen molar-refractivity contribution in [1.29, 1.82) is 0 Å². The van der Waals surface area contributed by atoms with E-state index in [1.54, 1.807) is 12.1 Å². The maximum absolute atomic E-state index is 6.07. The van der Waals surface area contributed by atoms with Gasteiger partial charge in [-0.15, -0.1) is 0 Å². The summed E-state index contributed by atoms with van der Waals surface area (Å²) in [6, 6.07) is 9.84. The molecule has 0 radical (unpaired) electrons. The predicted octanol–water partition coefficient (Wildman–Crippen LogP) is 5.20. The van der Waals surface area contributed by atoms with E-state index in [0.717, 1.165) is 24.2 Å². The Morgan fingerprint density at radius 3 is 2.55 bits per heavy atom. The number of halogens is 2. The Hall–Kier alpha value is -1.38. The average Bonchev–Trinajstić information content (AvgIpc) is 2.45. The van der Waals surface area contributed by atoms with Crippen molar-refractivity contribution in [2.45, 2.75) is 25.7 Å². The fourth-order valence-electron chi connectivity index (χ4n) is 2.71. The first-order chi connectivity index (χ1) is 9.65. The van der Waals surface area contributed by atoms with Gasteiger partial charge in [-0.05, 0) is 55.0 Å². The number of fused-ring (bicyclic) bond motifs is 1. The minimum absolute atomic E-state index is 0.477. The van der Waals surface area contributed by atoms with Gasteiger partial charge in [0.25, 0.3) is 0 Å². The number of nitrogens with two attached hydrogens (primary N) is 1. The third kappa shape index (κ3) is 2.58. The summed E-state index contributed by atoms with van der Waals surface area (Å²) in [7, 11) is 0. The van der Waals surface area contributed by atoms with Gasteiger partial charge in [-0.25, -0.2) is 0 Å². The summed E-state index contributed by atoms with van der Waals surface area (Å²) >= 11 is 12.0. The van der Waals surface area contributed by atoms with Gasteiger partial charge in [-0.3, -0.25) is 0 Å². The second-order valence-corrected chi connectivity index (χ2v) is 5.94. The van der Waals surface area contributed by atoms with E-state index in [1.807, 2.05) is 0 Å². The van der Waals surface area contributed by atoms with Crippen molar-refractivity contribution in [1.82, 2.24) is 0 Å². The van der Waals surface area contributed by atoms with E-state index in [1.165, 1.54) is 24.0 Å². The van der Waals surface area contributed by atoms with Gasteiger partial charge < -0.3 is 11.1 Å². The molecule has 0 aromatic heterocycles. The summed E-state index contributed by atoms with van der Waals surface area (Å²) in [5, 5.41) is 4.38. The molecule has 0 fully saturated rings. The van der Waals surface area contributed by atoms with E-state index < -0.39 is 0 Å². The molecule has 0 saturated carbocycles. The Morgan fingerprint density at radius 1 is 0.950 bits per heavy atom. The molecule has 4 heteroatoms. The molecule has 0 aliphatic heterocycles. The number of benzene rings is 2. The van der Waals surface area contributed by atoms with E-state index in [2.05, 4.69) is 23.5 Å². The lowest BCUT2D eigenvalue weighted by Crippen LogP contribution is -2.06. The van der Waals surface area contributed by atoms with Crippen LogP contribution in [0.25, 0.3) is 0 Å². The van der Waals surface area contributed by atoms with E-state index in [-0.39, 0.29) is 0 Å². The zero-order valence-corrected chi connectivity index (χ0v) is 12.6. The highest BCUT2D eigenvalue weighted by atomic mass is 35.5. The van der Waals surface area contributed by atoms with E-state index in [9.17, 15) is 0 Å². The quantitative estimate of drug-likeness (QED) is 0.749. The zero-order chi connectivity index (χ0) is 14.1. The normalized spacial score (nSPS) is 13.9. The molecule has 0 heterocycles. The van der Waals surface area contributed by atoms with Gasteiger partial charge in [0.1, 0.15) is 0 Å². The van der Waals surface area contributed by atoms with Crippen LogP contribution >= 0.6 is 23.2 Å². The van der Waals surface area contributed by atoms with Crippen molar-refractivity contribution in [3.05, 3.63) is 51.5 Å². The summed E-state index contributed by atoms with van der Waals surface area (Å²) in [5.74, 6) is 0.